The second kappa shape index (κ2) is 3.39. The summed E-state index contributed by atoms with van der Waals surface area (Å²) in [6, 6.07) is 0. The van der Waals surface area contributed by atoms with E-state index in [-0.39, 0.29) is 5.01 Å². The van der Waals surface area contributed by atoms with Crippen molar-refractivity contribution < 1.29 is 19.4 Å². The number of aliphatic carboxylic acids is 1. The largest absolute Gasteiger partial charge is 0.479 e. The second-order valence-electron chi connectivity index (χ2n) is 2.69. The molecular weight excluding hydrogens is 197 g/mol. The number of nitrogens with zero attached hydrogens (tertiary/aromatic N) is 1. The fourth-order valence-electron chi connectivity index (χ4n) is 0.822. The quantitative estimate of drug-likeness (QED) is 0.764. The molecule has 1 heterocycles. The third-order valence-electron chi connectivity index (χ3n) is 1.58. The lowest BCUT2D eigenvalue weighted by Gasteiger charge is -2.21. The van der Waals surface area contributed by atoms with Gasteiger partial charge in [0.2, 0.25) is 6.17 Å². The van der Waals surface area contributed by atoms with E-state index in [1.165, 1.54) is 6.20 Å². The zero-order chi connectivity index (χ0) is 10.1. The molecule has 0 saturated heterocycles. The summed E-state index contributed by atoms with van der Waals surface area (Å²) in [5.41, 5.74) is -2.06. The van der Waals surface area contributed by atoms with Crippen LogP contribution < -0.4 is 0 Å². The van der Waals surface area contributed by atoms with Gasteiger partial charge in [-0.2, -0.15) is 0 Å². The van der Waals surface area contributed by atoms with Crippen LogP contribution in [0.4, 0.5) is 4.39 Å². The Morgan fingerprint density at radius 2 is 2.46 bits per heavy atom. The van der Waals surface area contributed by atoms with E-state index in [1.807, 2.05) is 0 Å². The summed E-state index contributed by atoms with van der Waals surface area (Å²) in [6.45, 7) is 1.09. The third-order valence-corrected chi connectivity index (χ3v) is 2.58. The number of carbonyl (C=O) groups is 1. The maximum absolute atomic E-state index is 13.0. The van der Waals surface area contributed by atoms with Gasteiger partial charge in [-0.25, -0.2) is 14.2 Å². The first kappa shape index (κ1) is 10.1. The molecule has 1 aromatic rings. The van der Waals surface area contributed by atoms with Crippen LogP contribution >= 0.6 is 11.3 Å². The van der Waals surface area contributed by atoms with E-state index >= 15 is 0 Å². The van der Waals surface area contributed by atoms with Crippen LogP contribution in [0.1, 0.15) is 11.9 Å². The predicted molar refractivity (Wildman–Crippen MR) is 44.2 cm³/mol. The molecule has 1 rings (SSSR count). The minimum atomic E-state index is -2.36. The van der Waals surface area contributed by atoms with Crippen LogP contribution in [0.15, 0.2) is 11.6 Å². The third kappa shape index (κ3) is 1.84. The Bertz CT molecular complexity index is 299. The highest BCUT2D eigenvalue weighted by Crippen LogP contribution is 2.28. The summed E-state index contributed by atoms with van der Waals surface area (Å²) in [5, 5.41) is 19.5. The van der Waals surface area contributed by atoms with Crippen molar-refractivity contribution in [3.05, 3.63) is 16.6 Å². The van der Waals surface area contributed by atoms with Gasteiger partial charge in [0, 0.05) is 11.6 Å². The van der Waals surface area contributed by atoms with Gasteiger partial charge in [-0.1, -0.05) is 0 Å². The van der Waals surface area contributed by atoms with Gasteiger partial charge in [-0.3, -0.25) is 0 Å². The summed E-state index contributed by atoms with van der Waals surface area (Å²) in [5.74, 6) is -1.69. The molecule has 13 heavy (non-hydrogen) atoms. The molecule has 0 aliphatic rings. The smallest absolute Gasteiger partial charge is 0.341 e. The Hall–Kier alpha value is -1.01. The molecule has 2 N–H and O–H groups in total. The molecule has 72 valence electrons. The van der Waals surface area contributed by atoms with Crippen LogP contribution in [0.3, 0.4) is 0 Å². The topological polar surface area (TPSA) is 70.4 Å². The zero-order valence-corrected chi connectivity index (χ0v) is 7.58. The molecule has 2 atom stereocenters. The van der Waals surface area contributed by atoms with Crippen LogP contribution in [0, 0.1) is 0 Å². The highest BCUT2D eigenvalue weighted by molar-refractivity contribution is 7.09. The standard InChI is InChI=1S/C7H8FNO3S/c1-7(12,4(8)5(10)11)6-9-2-3-13-6/h2-4,12H,1H3,(H,10,11). The molecule has 0 spiro atoms. The van der Waals surface area contributed by atoms with Gasteiger partial charge in [0.1, 0.15) is 5.01 Å². The minimum Gasteiger partial charge on any atom is -0.479 e. The highest BCUT2D eigenvalue weighted by Gasteiger charge is 2.41. The van der Waals surface area contributed by atoms with Crippen molar-refractivity contribution in [2.75, 3.05) is 0 Å². The van der Waals surface area contributed by atoms with Gasteiger partial charge in [0.15, 0.2) is 5.60 Å². The van der Waals surface area contributed by atoms with Crippen LogP contribution in [-0.4, -0.2) is 27.3 Å². The van der Waals surface area contributed by atoms with Crippen molar-refractivity contribution in [2.24, 2.45) is 0 Å². The van der Waals surface area contributed by atoms with Gasteiger partial charge in [0.25, 0.3) is 0 Å². The van der Waals surface area contributed by atoms with Gasteiger partial charge >= 0.3 is 5.97 Å². The Morgan fingerprint density at radius 1 is 1.85 bits per heavy atom. The number of thiazole rings is 1. The maximum atomic E-state index is 13.0. The number of carboxylic acids is 1. The van der Waals surface area contributed by atoms with E-state index in [0.717, 1.165) is 18.3 Å². The zero-order valence-electron chi connectivity index (χ0n) is 6.77. The van der Waals surface area contributed by atoms with Crippen LogP contribution in [-0.2, 0) is 10.4 Å². The summed E-state index contributed by atoms with van der Waals surface area (Å²) >= 11 is 1.01. The van der Waals surface area contributed by atoms with Crippen LogP contribution in [0.5, 0.6) is 0 Å². The molecular formula is C7H8FNO3S. The monoisotopic (exact) mass is 205 g/mol. The van der Waals surface area contributed by atoms with Gasteiger partial charge in [0.05, 0.1) is 0 Å². The Labute approximate surface area is 77.7 Å². The van der Waals surface area contributed by atoms with Crippen molar-refractivity contribution in [1.82, 2.24) is 4.98 Å². The molecule has 2 unspecified atom stereocenters. The molecule has 0 saturated carbocycles. The SMILES string of the molecule is CC(O)(c1nccs1)C(F)C(=O)O. The maximum Gasteiger partial charge on any atom is 0.341 e. The van der Waals surface area contributed by atoms with Crippen molar-refractivity contribution in [2.45, 2.75) is 18.7 Å². The number of hydrogen-bond donors (Lipinski definition) is 2. The first-order chi connectivity index (χ1) is 5.96. The summed E-state index contributed by atoms with van der Waals surface area (Å²) in [7, 11) is 0. The number of aromatic nitrogens is 1. The molecule has 4 nitrogen and oxygen atoms in total. The number of rotatable bonds is 3. The van der Waals surface area contributed by atoms with Crippen LogP contribution in [0.2, 0.25) is 0 Å². The average molecular weight is 205 g/mol. The minimum absolute atomic E-state index is 0.0578. The summed E-state index contributed by atoms with van der Waals surface area (Å²) in [6.07, 6.45) is -0.984. The number of carboxylic acid groups (broad SMARTS) is 1. The fourth-order valence-corrected chi connectivity index (χ4v) is 1.54. The lowest BCUT2D eigenvalue weighted by atomic mass is 10.0. The molecule has 0 amide bonds. The molecule has 1 aromatic heterocycles. The number of aliphatic hydroxyl groups is 1. The van der Waals surface area contributed by atoms with Crippen LogP contribution in [0.25, 0.3) is 0 Å². The van der Waals surface area contributed by atoms with E-state index in [4.69, 9.17) is 5.11 Å². The predicted octanol–water partition coefficient (Wildman–Crippen LogP) is 0.773. The molecule has 0 radical (unpaired) electrons. The Balaban J connectivity index is 2.95. The Kier molecular flexibility index (Phi) is 2.63. The molecule has 0 fully saturated rings. The van der Waals surface area contributed by atoms with Crippen molar-refractivity contribution in [1.29, 1.82) is 0 Å². The highest BCUT2D eigenvalue weighted by atomic mass is 32.1. The fraction of sp³-hybridized carbons (Fsp3) is 0.429. The molecule has 0 aromatic carbocycles. The van der Waals surface area contributed by atoms with E-state index in [2.05, 4.69) is 4.98 Å². The molecule has 0 bridgehead atoms. The number of alkyl halides is 1. The number of halogens is 1. The summed E-state index contributed by atoms with van der Waals surface area (Å²) < 4.78 is 13.0. The van der Waals surface area contributed by atoms with E-state index < -0.39 is 17.7 Å². The summed E-state index contributed by atoms with van der Waals surface area (Å²) in [4.78, 5) is 13.9. The van der Waals surface area contributed by atoms with Gasteiger partial charge in [-0.05, 0) is 6.92 Å². The van der Waals surface area contributed by atoms with Gasteiger partial charge < -0.3 is 10.2 Å². The first-order valence-electron chi connectivity index (χ1n) is 3.45. The Morgan fingerprint density at radius 3 is 2.85 bits per heavy atom. The van der Waals surface area contributed by atoms with Crippen molar-refractivity contribution in [3.8, 4) is 0 Å². The normalized spacial score (nSPS) is 17.8. The first-order valence-corrected chi connectivity index (χ1v) is 4.33. The lowest BCUT2D eigenvalue weighted by Crippen LogP contribution is -2.38. The molecule has 0 aliphatic heterocycles. The second-order valence-corrected chi connectivity index (χ2v) is 3.58. The van der Waals surface area contributed by atoms with E-state index in [9.17, 15) is 14.3 Å². The van der Waals surface area contributed by atoms with E-state index in [0.29, 0.717) is 0 Å². The van der Waals surface area contributed by atoms with Crippen molar-refractivity contribution in [3.63, 3.8) is 0 Å². The molecule has 0 aliphatic carbocycles. The molecule has 6 heteroatoms. The lowest BCUT2D eigenvalue weighted by molar-refractivity contribution is -0.153. The average Bonchev–Trinajstić information content (AvgIpc) is 2.54. The number of hydrogen-bond acceptors (Lipinski definition) is 4. The van der Waals surface area contributed by atoms with E-state index in [1.54, 1.807) is 5.38 Å². The van der Waals surface area contributed by atoms with Crippen molar-refractivity contribution >= 4 is 17.3 Å². The van der Waals surface area contributed by atoms with Gasteiger partial charge in [-0.15, -0.1) is 11.3 Å².